The molecular formula is C16H20F2N2O2S. The SMILES string of the molecule is CC1=N[C@](C)(c2cc(N)ccc2F)[C@@]2(F)CCC[C@]1(C)S2(=O)=O. The fourth-order valence-corrected chi connectivity index (χ4v) is 6.53. The first-order valence-electron chi connectivity index (χ1n) is 7.55. The highest BCUT2D eigenvalue weighted by atomic mass is 32.2. The Bertz CT molecular complexity index is 823. The zero-order chi connectivity index (χ0) is 17.3. The Balaban J connectivity index is 2.40. The smallest absolute Gasteiger partial charge is 0.240 e. The van der Waals surface area contributed by atoms with E-state index in [0.717, 1.165) is 6.07 Å². The summed E-state index contributed by atoms with van der Waals surface area (Å²) in [6.07, 6.45) is 0.525. The molecule has 2 aliphatic rings. The third-order valence-corrected chi connectivity index (χ3v) is 8.71. The standard InChI is InChI=1S/C16H20F2N2O2S/c1-10-14(2)7-4-8-16(18,23(14,21)22)15(3,20-10)12-9-11(19)5-6-13(12)17/h5-6,9H,4,7-8,19H2,1-3H3/t14-,15+,16+/m0/s1. The number of halogens is 2. The van der Waals surface area contributed by atoms with Gasteiger partial charge in [-0.2, -0.15) is 0 Å². The molecule has 0 aromatic heterocycles. The van der Waals surface area contributed by atoms with Gasteiger partial charge in [0.05, 0.1) is 0 Å². The molecule has 7 heteroatoms. The quantitative estimate of drug-likeness (QED) is 0.797. The average molecular weight is 342 g/mol. The number of hydrogen-bond donors (Lipinski definition) is 1. The maximum absolute atomic E-state index is 15.9. The highest BCUT2D eigenvalue weighted by molar-refractivity contribution is 7.95. The van der Waals surface area contributed by atoms with E-state index in [1.54, 1.807) is 6.92 Å². The van der Waals surface area contributed by atoms with Crippen molar-refractivity contribution >= 4 is 21.2 Å². The second-order valence-corrected chi connectivity index (χ2v) is 9.38. The number of alkyl halides is 1. The van der Waals surface area contributed by atoms with Crippen molar-refractivity contribution in [1.29, 1.82) is 0 Å². The van der Waals surface area contributed by atoms with Gasteiger partial charge in [-0.1, -0.05) is 0 Å². The minimum atomic E-state index is -4.20. The number of nitrogens with two attached hydrogens (primary N) is 1. The van der Waals surface area contributed by atoms with Gasteiger partial charge in [-0.05, 0) is 58.2 Å². The molecule has 0 spiro atoms. The molecule has 2 bridgehead atoms. The number of anilines is 1. The summed E-state index contributed by atoms with van der Waals surface area (Å²) in [5.74, 6) is -0.709. The molecule has 1 aromatic carbocycles. The van der Waals surface area contributed by atoms with Crippen molar-refractivity contribution in [2.45, 2.75) is 55.3 Å². The van der Waals surface area contributed by atoms with Crippen molar-refractivity contribution in [2.24, 2.45) is 4.99 Å². The summed E-state index contributed by atoms with van der Waals surface area (Å²) in [4.78, 5) is 4.38. The fourth-order valence-electron chi connectivity index (χ4n) is 3.87. The van der Waals surface area contributed by atoms with Gasteiger partial charge in [-0.25, -0.2) is 17.2 Å². The Morgan fingerprint density at radius 2 is 1.91 bits per heavy atom. The summed E-state index contributed by atoms with van der Waals surface area (Å²) in [6, 6.07) is 3.75. The van der Waals surface area contributed by atoms with Crippen LogP contribution in [0, 0.1) is 5.82 Å². The van der Waals surface area contributed by atoms with E-state index in [2.05, 4.69) is 4.99 Å². The number of sulfone groups is 1. The molecule has 1 saturated heterocycles. The number of nitrogen functional groups attached to an aromatic ring is 1. The lowest BCUT2D eigenvalue weighted by Crippen LogP contribution is -2.66. The minimum absolute atomic E-state index is 0.119. The van der Waals surface area contributed by atoms with Gasteiger partial charge in [0.15, 0.2) is 9.84 Å². The molecule has 1 fully saturated rings. The van der Waals surface area contributed by atoms with Gasteiger partial charge in [-0.3, -0.25) is 4.99 Å². The molecule has 0 radical (unpaired) electrons. The van der Waals surface area contributed by atoms with Crippen LogP contribution in [0.4, 0.5) is 14.5 Å². The molecule has 1 aromatic rings. The van der Waals surface area contributed by atoms with Gasteiger partial charge < -0.3 is 5.73 Å². The molecule has 0 amide bonds. The lowest BCUT2D eigenvalue weighted by Gasteiger charge is -2.52. The molecule has 3 rings (SSSR count). The zero-order valence-corrected chi connectivity index (χ0v) is 14.2. The van der Waals surface area contributed by atoms with E-state index in [4.69, 9.17) is 5.73 Å². The average Bonchev–Trinajstić information content (AvgIpc) is 2.46. The van der Waals surface area contributed by atoms with Crippen molar-refractivity contribution < 1.29 is 17.2 Å². The van der Waals surface area contributed by atoms with Gasteiger partial charge in [0.2, 0.25) is 5.00 Å². The van der Waals surface area contributed by atoms with E-state index in [9.17, 15) is 12.8 Å². The van der Waals surface area contributed by atoms with Crippen LogP contribution in [0.25, 0.3) is 0 Å². The Morgan fingerprint density at radius 3 is 2.57 bits per heavy atom. The van der Waals surface area contributed by atoms with Crippen LogP contribution >= 0.6 is 0 Å². The van der Waals surface area contributed by atoms with Gasteiger partial charge in [0.1, 0.15) is 16.1 Å². The maximum atomic E-state index is 15.9. The molecule has 0 saturated carbocycles. The Kier molecular flexibility index (Phi) is 3.22. The summed E-state index contributed by atoms with van der Waals surface area (Å²) in [5, 5.41) is -2.65. The molecule has 3 atom stereocenters. The van der Waals surface area contributed by atoms with Crippen LogP contribution in [0.3, 0.4) is 0 Å². The molecule has 2 N–H and O–H groups in total. The predicted molar refractivity (Wildman–Crippen MR) is 86.3 cm³/mol. The molecule has 23 heavy (non-hydrogen) atoms. The van der Waals surface area contributed by atoms with Crippen LogP contribution in [0.2, 0.25) is 0 Å². The Labute approximate surface area is 134 Å². The summed E-state index contributed by atoms with van der Waals surface area (Å²) in [5.41, 5.74) is 4.29. The highest BCUT2D eigenvalue weighted by Gasteiger charge is 2.70. The van der Waals surface area contributed by atoms with Crippen molar-refractivity contribution in [1.82, 2.24) is 0 Å². The summed E-state index contributed by atoms with van der Waals surface area (Å²) in [6.45, 7) is 4.42. The van der Waals surface area contributed by atoms with E-state index in [1.807, 2.05) is 0 Å². The second-order valence-electron chi connectivity index (χ2n) is 6.83. The van der Waals surface area contributed by atoms with Gasteiger partial charge in [-0.15, -0.1) is 0 Å². The van der Waals surface area contributed by atoms with Gasteiger partial charge in [0, 0.05) is 17.0 Å². The first kappa shape index (κ1) is 16.4. The van der Waals surface area contributed by atoms with E-state index < -0.39 is 30.9 Å². The summed E-state index contributed by atoms with van der Waals surface area (Å²) < 4.78 is 55.0. The van der Waals surface area contributed by atoms with E-state index >= 15 is 4.39 Å². The van der Waals surface area contributed by atoms with Crippen LogP contribution in [0.15, 0.2) is 23.2 Å². The van der Waals surface area contributed by atoms with E-state index in [1.165, 1.54) is 26.0 Å². The van der Waals surface area contributed by atoms with E-state index in [-0.39, 0.29) is 17.7 Å². The normalized spacial score (nSPS) is 38.9. The summed E-state index contributed by atoms with van der Waals surface area (Å²) in [7, 11) is -4.20. The minimum Gasteiger partial charge on any atom is -0.399 e. The monoisotopic (exact) mass is 342 g/mol. The number of rotatable bonds is 1. The molecule has 126 valence electrons. The lowest BCUT2D eigenvalue weighted by molar-refractivity contribution is 0.115. The first-order valence-corrected chi connectivity index (χ1v) is 9.03. The number of aliphatic imine (C=N–C) groups is 1. The third-order valence-electron chi connectivity index (χ3n) is 5.57. The van der Waals surface area contributed by atoms with Gasteiger partial charge >= 0.3 is 0 Å². The summed E-state index contributed by atoms with van der Waals surface area (Å²) >= 11 is 0. The first-order chi connectivity index (χ1) is 10.5. The number of fused-ring (bicyclic) bond motifs is 2. The van der Waals surface area contributed by atoms with Crippen molar-refractivity contribution in [3.63, 3.8) is 0 Å². The molecule has 0 unspecified atom stereocenters. The molecule has 0 aliphatic carbocycles. The predicted octanol–water partition coefficient (Wildman–Crippen LogP) is 3.12. The number of nitrogens with zero attached hydrogens (tertiary/aromatic N) is 1. The molecular weight excluding hydrogens is 322 g/mol. The van der Waals surface area contributed by atoms with Crippen LogP contribution in [0.1, 0.15) is 45.6 Å². The highest BCUT2D eigenvalue weighted by Crippen LogP contribution is 2.57. The fraction of sp³-hybridized carbons (Fsp3) is 0.562. The Morgan fingerprint density at radius 1 is 1.26 bits per heavy atom. The number of hydrogen-bond acceptors (Lipinski definition) is 4. The third kappa shape index (κ3) is 1.74. The molecule has 2 aliphatic heterocycles. The van der Waals surface area contributed by atoms with Crippen molar-refractivity contribution in [2.75, 3.05) is 5.73 Å². The topological polar surface area (TPSA) is 72.5 Å². The zero-order valence-electron chi connectivity index (χ0n) is 13.4. The van der Waals surface area contributed by atoms with Crippen molar-refractivity contribution in [3.05, 3.63) is 29.6 Å². The number of benzene rings is 1. The van der Waals surface area contributed by atoms with E-state index in [0.29, 0.717) is 18.6 Å². The van der Waals surface area contributed by atoms with Crippen LogP contribution < -0.4 is 5.73 Å². The second kappa shape index (κ2) is 4.53. The Hall–Kier alpha value is -1.50. The van der Waals surface area contributed by atoms with Crippen LogP contribution in [-0.4, -0.2) is 23.9 Å². The molecule has 4 nitrogen and oxygen atoms in total. The molecule has 2 heterocycles. The van der Waals surface area contributed by atoms with Crippen LogP contribution in [0.5, 0.6) is 0 Å². The largest absolute Gasteiger partial charge is 0.399 e. The lowest BCUT2D eigenvalue weighted by atomic mass is 9.80. The van der Waals surface area contributed by atoms with Crippen LogP contribution in [-0.2, 0) is 15.4 Å². The van der Waals surface area contributed by atoms with Gasteiger partial charge in [0.25, 0.3) is 0 Å². The van der Waals surface area contributed by atoms with Crippen molar-refractivity contribution in [3.8, 4) is 0 Å². The maximum Gasteiger partial charge on any atom is 0.240 e.